The molecule has 1 heterocycles. The molecule has 0 aliphatic heterocycles. The highest BCUT2D eigenvalue weighted by Gasteiger charge is 2.27. The number of carbonyl (C=O) groups is 1. The minimum absolute atomic E-state index is 0.104. The fourth-order valence-corrected chi connectivity index (χ4v) is 3.59. The molecule has 1 N–H and O–H groups in total. The molecule has 0 saturated carbocycles. The highest BCUT2D eigenvalue weighted by molar-refractivity contribution is 9.10. The third-order valence-electron chi connectivity index (χ3n) is 4.01. The highest BCUT2D eigenvalue weighted by atomic mass is 79.9. The summed E-state index contributed by atoms with van der Waals surface area (Å²) in [5, 5.41) is 2.70. The van der Waals surface area contributed by atoms with E-state index in [1.165, 1.54) is 31.4 Å². The van der Waals surface area contributed by atoms with Gasteiger partial charge >= 0.3 is 5.57 Å². The number of halogens is 4. The molecule has 0 saturated heterocycles. The number of alkyl halides is 3. The summed E-state index contributed by atoms with van der Waals surface area (Å²) < 4.78 is 37.5. The van der Waals surface area contributed by atoms with Crippen molar-refractivity contribution < 1.29 is 23.0 Å². The smallest absolute Gasteiger partial charge is 0.468 e. The number of hydrogen-bond acceptors (Lipinski definition) is 4. The molecule has 154 valence electrons. The molecular formula is C19H17BrClF2N3O3. The summed E-state index contributed by atoms with van der Waals surface area (Å²) in [5.41, 5.74) is -1.61. The van der Waals surface area contributed by atoms with Crippen LogP contribution in [0.3, 0.4) is 0 Å². The molecule has 10 heteroatoms. The minimum atomic E-state index is -3.80. The van der Waals surface area contributed by atoms with Gasteiger partial charge < -0.3 is 14.8 Å². The number of methoxy groups -OCH3 is 1. The van der Waals surface area contributed by atoms with Gasteiger partial charge in [0.2, 0.25) is 0 Å². The second-order valence-electron chi connectivity index (χ2n) is 6.41. The Labute approximate surface area is 178 Å². The molecule has 1 amide bonds. The molecule has 0 radical (unpaired) electrons. The Morgan fingerprint density at radius 3 is 2.48 bits per heavy atom. The highest BCUT2D eigenvalue weighted by Crippen LogP contribution is 2.33. The predicted octanol–water partition coefficient (Wildman–Crippen LogP) is 5.81. The lowest BCUT2D eigenvalue weighted by Gasteiger charge is -2.13. The minimum Gasteiger partial charge on any atom is -0.468 e. The SMILES string of the molecule is COc1nc2cc(C(=O)Nc3ccc(OC(F)(F)Cl)cc3)cc(Br)c2n1C(C)C. The van der Waals surface area contributed by atoms with Gasteiger partial charge in [0.25, 0.3) is 11.9 Å². The van der Waals surface area contributed by atoms with Gasteiger partial charge in [-0.25, -0.2) is 0 Å². The summed E-state index contributed by atoms with van der Waals surface area (Å²) in [4.78, 5) is 17.1. The lowest BCUT2D eigenvalue weighted by Crippen LogP contribution is -2.15. The van der Waals surface area contributed by atoms with Crippen LogP contribution in [0.1, 0.15) is 30.2 Å². The van der Waals surface area contributed by atoms with Crippen molar-refractivity contribution in [2.24, 2.45) is 0 Å². The fraction of sp³-hybridized carbons (Fsp3) is 0.263. The zero-order valence-corrected chi connectivity index (χ0v) is 18.0. The molecule has 0 spiro atoms. The number of rotatable bonds is 6. The molecule has 0 unspecified atom stereocenters. The summed E-state index contributed by atoms with van der Waals surface area (Å²) in [6.07, 6.45) is 0. The number of amides is 1. The monoisotopic (exact) mass is 487 g/mol. The Morgan fingerprint density at radius 2 is 1.93 bits per heavy atom. The number of imidazole rings is 1. The first-order valence-corrected chi connectivity index (χ1v) is 9.69. The number of ether oxygens (including phenoxy) is 2. The van der Waals surface area contributed by atoms with E-state index in [0.717, 1.165) is 5.52 Å². The number of hydrogen-bond donors (Lipinski definition) is 1. The summed E-state index contributed by atoms with van der Waals surface area (Å²) in [6, 6.07) is 9.30. The predicted molar refractivity (Wildman–Crippen MR) is 110 cm³/mol. The van der Waals surface area contributed by atoms with Crippen LogP contribution in [0.25, 0.3) is 11.0 Å². The van der Waals surface area contributed by atoms with Crippen molar-refractivity contribution in [3.8, 4) is 11.8 Å². The summed E-state index contributed by atoms with van der Waals surface area (Å²) in [6.45, 7) is 4.01. The zero-order chi connectivity index (χ0) is 21.3. The summed E-state index contributed by atoms with van der Waals surface area (Å²) in [7, 11) is 1.54. The molecule has 0 fully saturated rings. The topological polar surface area (TPSA) is 65.4 Å². The first kappa shape index (κ1) is 21.3. The third-order valence-corrected chi connectivity index (χ3v) is 4.69. The van der Waals surface area contributed by atoms with E-state index in [1.807, 2.05) is 18.4 Å². The van der Waals surface area contributed by atoms with Gasteiger partial charge in [0.1, 0.15) is 5.75 Å². The standard InChI is InChI=1S/C19H17BrClF2N3O3/c1-10(2)26-16-14(20)8-11(9-15(16)25-18(26)28-3)17(27)24-12-4-6-13(7-5-12)29-19(21,22)23/h4-10H,1-3H3,(H,24,27). The average Bonchev–Trinajstić information content (AvgIpc) is 3.01. The molecule has 29 heavy (non-hydrogen) atoms. The van der Waals surface area contributed by atoms with E-state index in [1.54, 1.807) is 12.1 Å². The van der Waals surface area contributed by atoms with E-state index < -0.39 is 5.57 Å². The number of anilines is 1. The van der Waals surface area contributed by atoms with Crippen molar-refractivity contribution in [3.05, 3.63) is 46.4 Å². The maximum atomic E-state index is 12.7. The fourth-order valence-electron chi connectivity index (χ4n) is 2.86. The van der Waals surface area contributed by atoms with Crippen molar-refractivity contribution in [2.75, 3.05) is 12.4 Å². The van der Waals surface area contributed by atoms with Crippen molar-refractivity contribution in [1.29, 1.82) is 0 Å². The van der Waals surface area contributed by atoms with Gasteiger partial charge in [-0.05, 0) is 66.2 Å². The van der Waals surface area contributed by atoms with Crippen LogP contribution in [0, 0.1) is 0 Å². The van der Waals surface area contributed by atoms with Gasteiger partial charge in [-0.15, -0.1) is 8.78 Å². The number of fused-ring (bicyclic) bond motifs is 1. The van der Waals surface area contributed by atoms with Gasteiger partial charge in [-0.3, -0.25) is 9.36 Å². The Bertz CT molecular complexity index is 1050. The Morgan fingerprint density at radius 1 is 1.28 bits per heavy atom. The van der Waals surface area contributed by atoms with Crippen LogP contribution in [-0.2, 0) is 0 Å². The van der Waals surface area contributed by atoms with Gasteiger partial charge in [0.05, 0.1) is 18.1 Å². The third kappa shape index (κ3) is 4.79. The second kappa shape index (κ2) is 8.16. The van der Waals surface area contributed by atoms with Crippen LogP contribution < -0.4 is 14.8 Å². The van der Waals surface area contributed by atoms with Gasteiger partial charge in [-0.2, -0.15) is 4.98 Å². The van der Waals surface area contributed by atoms with Crippen LogP contribution in [0.15, 0.2) is 40.9 Å². The van der Waals surface area contributed by atoms with Gasteiger partial charge in [0.15, 0.2) is 0 Å². The van der Waals surface area contributed by atoms with Crippen LogP contribution in [-0.4, -0.2) is 28.1 Å². The quantitative estimate of drug-likeness (QED) is 0.445. The Kier molecular flexibility index (Phi) is 6.00. The number of nitrogens with zero attached hydrogens (tertiary/aromatic N) is 2. The zero-order valence-electron chi connectivity index (χ0n) is 15.7. The molecule has 0 aliphatic rings. The van der Waals surface area contributed by atoms with Crippen LogP contribution >= 0.6 is 27.5 Å². The second-order valence-corrected chi connectivity index (χ2v) is 7.71. The molecule has 2 aromatic carbocycles. The Hall–Kier alpha value is -2.39. The van der Waals surface area contributed by atoms with E-state index >= 15 is 0 Å². The Balaban J connectivity index is 1.86. The first-order chi connectivity index (χ1) is 13.6. The molecule has 1 aromatic heterocycles. The normalized spacial score (nSPS) is 11.7. The van der Waals surface area contributed by atoms with E-state index in [9.17, 15) is 13.6 Å². The van der Waals surface area contributed by atoms with Crippen LogP contribution in [0.2, 0.25) is 0 Å². The average molecular weight is 489 g/mol. The molecule has 0 aliphatic carbocycles. The maximum Gasteiger partial charge on any atom is 0.487 e. The van der Waals surface area contributed by atoms with Gasteiger partial charge in [-0.1, -0.05) is 0 Å². The molecule has 3 rings (SSSR count). The maximum absolute atomic E-state index is 12.7. The molecule has 3 aromatic rings. The summed E-state index contributed by atoms with van der Waals surface area (Å²) in [5.74, 6) is -0.513. The summed E-state index contributed by atoms with van der Waals surface area (Å²) >= 11 is 8.23. The number of nitrogens with one attached hydrogen (secondary N) is 1. The van der Waals surface area contributed by atoms with Gasteiger partial charge in [0, 0.05) is 33.4 Å². The number of carbonyl (C=O) groups excluding carboxylic acids is 1. The lowest BCUT2D eigenvalue weighted by atomic mass is 10.1. The number of aromatic nitrogens is 2. The van der Waals surface area contributed by atoms with Crippen LogP contribution in [0.5, 0.6) is 11.8 Å². The van der Waals surface area contributed by atoms with Crippen molar-refractivity contribution in [3.63, 3.8) is 0 Å². The van der Waals surface area contributed by atoms with Crippen molar-refractivity contribution in [1.82, 2.24) is 9.55 Å². The largest absolute Gasteiger partial charge is 0.487 e. The van der Waals surface area contributed by atoms with Crippen molar-refractivity contribution >= 4 is 50.2 Å². The van der Waals surface area contributed by atoms with E-state index in [-0.39, 0.29) is 17.7 Å². The van der Waals surface area contributed by atoms with E-state index in [0.29, 0.717) is 27.3 Å². The van der Waals surface area contributed by atoms with E-state index in [2.05, 4.69) is 31.0 Å². The molecule has 6 nitrogen and oxygen atoms in total. The first-order valence-electron chi connectivity index (χ1n) is 8.51. The molecule has 0 atom stereocenters. The number of benzene rings is 2. The molecular weight excluding hydrogens is 472 g/mol. The van der Waals surface area contributed by atoms with Crippen LogP contribution in [0.4, 0.5) is 14.5 Å². The lowest BCUT2D eigenvalue weighted by molar-refractivity contribution is -0.0964. The molecule has 0 bridgehead atoms. The van der Waals surface area contributed by atoms with E-state index in [4.69, 9.17) is 16.3 Å². The van der Waals surface area contributed by atoms with Crippen molar-refractivity contribution in [2.45, 2.75) is 25.5 Å².